The van der Waals surface area contributed by atoms with Crippen molar-refractivity contribution in [1.82, 2.24) is 15.0 Å². The van der Waals surface area contributed by atoms with Gasteiger partial charge in [-0.3, -0.25) is 4.79 Å². The van der Waals surface area contributed by atoms with Crippen LogP contribution in [0.15, 0.2) is 59.1 Å². The third-order valence-electron chi connectivity index (χ3n) is 4.48. The maximum Gasteiger partial charge on any atom is 0.253 e. The summed E-state index contributed by atoms with van der Waals surface area (Å²) < 4.78 is 10.7. The summed E-state index contributed by atoms with van der Waals surface area (Å²) in [6.07, 6.45) is 1.48. The molecule has 30 heavy (non-hydrogen) atoms. The number of hydrogen-bond donors (Lipinski definition) is 1. The van der Waals surface area contributed by atoms with E-state index in [9.17, 15) is 4.79 Å². The van der Waals surface area contributed by atoms with Gasteiger partial charge in [0, 0.05) is 31.6 Å². The van der Waals surface area contributed by atoms with E-state index in [1.165, 1.54) is 5.56 Å². The number of halogens is 1. The van der Waals surface area contributed by atoms with Crippen LogP contribution in [0.3, 0.4) is 0 Å². The summed E-state index contributed by atoms with van der Waals surface area (Å²) in [7, 11) is 0. The minimum absolute atomic E-state index is 0. The van der Waals surface area contributed by atoms with Crippen molar-refractivity contribution in [2.24, 2.45) is 5.73 Å². The highest BCUT2D eigenvalue weighted by molar-refractivity contribution is 5.94. The molecule has 2 aromatic carbocycles. The summed E-state index contributed by atoms with van der Waals surface area (Å²) in [5.41, 5.74) is 7.51. The molecule has 1 heterocycles. The third kappa shape index (κ3) is 6.57. The van der Waals surface area contributed by atoms with Gasteiger partial charge in [-0.05, 0) is 36.2 Å². The molecule has 3 aromatic rings. The molecule has 0 saturated heterocycles. The van der Waals surface area contributed by atoms with Crippen LogP contribution in [-0.4, -0.2) is 40.6 Å². The highest BCUT2D eigenvalue weighted by Crippen LogP contribution is 2.15. The van der Waals surface area contributed by atoms with Crippen LogP contribution in [-0.2, 0) is 19.4 Å². The summed E-state index contributed by atoms with van der Waals surface area (Å²) in [4.78, 5) is 18.9. The van der Waals surface area contributed by atoms with E-state index in [1.807, 2.05) is 25.1 Å². The Labute approximate surface area is 182 Å². The van der Waals surface area contributed by atoms with Crippen LogP contribution in [0.4, 0.5) is 0 Å². The molecule has 0 bridgehead atoms. The average molecular weight is 431 g/mol. The summed E-state index contributed by atoms with van der Waals surface area (Å²) in [5.74, 6) is 1.68. The minimum atomic E-state index is -0.0383. The van der Waals surface area contributed by atoms with E-state index in [2.05, 4.69) is 22.3 Å². The number of benzene rings is 2. The molecule has 0 aliphatic carbocycles. The fourth-order valence-corrected chi connectivity index (χ4v) is 2.90. The number of carbonyl (C=O) groups is 1. The van der Waals surface area contributed by atoms with Crippen molar-refractivity contribution in [3.05, 3.63) is 77.4 Å². The fraction of sp³-hybridized carbons (Fsp3) is 0.318. The molecule has 0 radical (unpaired) electrons. The first-order valence-electron chi connectivity index (χ1n) is 9.77. The second-order valence-corrected chi connectivity index (χ2v) is 6.59. The second kappa shape index (κ2) is 11.9. The van der Waals surface area contributed by atoms with E-state index >= 15 is 0 Å². The monoisotopic (exact) mass is 430 g/mol. The molecule has 3 rings (SSSR count). The van der Waals surface area contributed by atoms with Crippen LogP contribution in [0.2, 0.25) is 0 Å². The number of nitrogens with zero attached hydrogens (tertiary/aromatic N) is 3. The number of carbonyl (C=O) groups excluding carboxylic acids is 1. The van der Waals surface area contributed by atoms with Crippen LogP contribution in [0.5, 0.6) is 5.75 Å². The van der Waals surface area contributed by atoms with Crippen molar-refractivity contribution in [3.8, 4) is 5.75 Å². The molecular formula is C22H27ClN4O3. The molecule has 2 N–H and O–H groups in total. The van der Waals surface area contributed by atoms with Crippen molar-refractivity contribution >= 4 is 18.3 Å². The Morgan fingerprint density at radius 1 is 1.10 bits per heavy atom. The van der Waals surface area contributed by atoms with E-state index < -0.39 is 0 Å². The van der Waals surface area contributed by atoms with E-state index in [4.69, 9.17) is 15.0 Å². The van der Waals surface area contributed by atoms with Gasteiger partial charge in [0.2, 0.25) is 11.7 Å². The molecule has 0 aliphatic rings. The van der Waals surface area contributed by atoms with Gasteiger partial charge in [0.05, 0.1) is 0 Å². The zero-order valence-corrected chi connectivity index (χ0v) is 17.8. The Balaban J connectivity index is 0.00000320. The highest BCUT2D eigenvalue weighted by atomic mass is 35.5. The Hall–Kier alpha value is -2.90. The Morgan fingerprint density at radius 3 is 2.47 bits per heavy atom. The lowest BCUT2D eigenvalue weighted by molar-refractivity contribution is 0.0762. The van der Waals surface area contributed by atoms with Gasteiger partial charge in [0.1, 0.15) is 5.75 Å². The zero-order chi connectivity index (χ0) is 20.5. The molecule has 0 saturated carbocycles. The number of aryl methyl sites for hydroxylation is 1. The summed E-state index contributed by atoms with van der Waals surface area (Å²) in [6, 6.07) is 17.2. The average Bonchev–Trinajstić information content (AvgIpc) is 3.24. The van der Waals surface area contributed by atoms with Gasteiger partial charge in [-0.2, -0.15) is 4.98 Å². The largest absolute Gasteiger partial charge is 0.485 e. The molecule has 1 amide bonds. The lowest BCUT2D eigenvalue weighted by Crippen LogP contribution is -2.36. The third-order valence-corrected chi connectivity index (χ3v) is 4.48. The van der Waals surface area contributed by atoms with Crippen LogP contribution in [0, 0.1) is 0 Å². The first-order valence-corrected chi connectivity index (χ1v) is 9.77. The predicted octanol–water partition coefficient (Wildman–Crippen LogP) is 3.28. The fourth-order valence-electron chi connectivity index (χ4n) is 2.90. The molecule has 0 spiro atoms. The number of aromatic nitrogens is 2. The van der Waals surface area contributed by atoms with E-state index in [-0.39, 0.29) is 24.9 Å². The Morgan fingerprint density at radius 2 is 1.83 bits per heavy atom. The number of rotatable bonds is 10. The smallest absolute Gasteiger partial charge is 0.253 e. The molecule has 7 nitrogen and oxygen atoms in total. The zero-order valence-electron chi connectivity index (χ0n) is 17.0. The molecule has 1 aromatic heterocycles. The number of ether oxygens (including phenoxy) is 1. The van der Waals surface area contributed by atoms with Gasteiger partial charge in [0.25, 0.3) is 5.91 Å². The van der Waals surface area contributed by atoms with Crippen molar-refractivity contribution in [2.45, 2.75) is 26.4 Å². The van der Waals surface area contributed by atoms with E-state index in [0.717, 1.165) is 6.42 Å². The summed E-state index contributed by atoms with van der Waals surface area (Å²) in [6.45, 7) is 3.72. The first kappa shape index (κ1) is 23.4. The van der Waals surface area contributed by atoms with E-state index in [0.29, 0.717) is 49.1 Å². The van der Waals surface area contributed by atoms with Crippen LogP contribution >= 0.6 is 12.4 Å². The van der Waals surface area contributed by atoms with Crippen LogP contribution in [0.1, 0.15) is 34.6 Å². The second-order valence-electron chi connectivity index (χ2n) is 6.59. The van der Waals surface area contributed by atoms with Crippen molar-refractivity contribution in [3.63, 3.8) is 0 Å². The predicted molar refractivity (Wildman–Crippen MR) is 117 cm³/mol. The molecule has 8 heteroatoms. The highest BCUT2D eigenvalue weighted by Gasteiger charge is 2.15. The quantitative estimate of drug-likeness (QED) is 0.530. The molecule has 0 unspecified atom stereocenters. The molecule has 0 aliphatic heterocycles. The standard InChI is InChI=1S/C22H26N4O3.ClH/c1-2-21-24-20(25-29-21)16-28-19-10-8-18(9-11-19)22(27)26(15-13-23)14-12-17-6-4-3-5-7-17;/h3-11H,2,12-16,23H2,1H3;1H. The first-order chi connectivity index (χ1) is 14.2. The number of nitrogens with two attached hydrogens (primary N) is 1. The van der Waals surface area contributed by atoms with Gasteiger partial charge in [0.15, 0.2) is 6.61 Å². The van der Waals surface area contributed by atoms with Gasteiger partial charge >= 0.3 is 0 Å². The van der Waals surface area contributed by atoms with Gasteiger partial charge in [-0.1, -0.05) is 42.4 Å². The van der Waals surface area contributed by atoms with Gasteiger partial charge < -0.3 is 19.9 Å². The number of amides is 1. The maximum absolute atomic E-state index is 12.9. The molecule has 0 fully saturated rings. The molecular weight excluding hydrogens is 404 g/mol. The lowest BCUT2D eigenvalue weighted by Gasteiger charge is -2.22. The lowest BCUT2D eigenvalue weighted by atomic mass is 10.1. The topological polar surface area (TPSA) is 94.5 Å². The normalized spacial score (nSPS) is 10.3. The maximum atomic E-state index is 12.9. The molecule has 0 atom stereocenters. The van der Waals surface area contributed by atoms with Gasteiger partial charge in [-0.25, -0.2) is 0 Å². The Bertz CT molecular complexity index is 900. The minimum Gasteiger partial charge on any atom is -0.485 e. The Kier molecular flexibility index (Phi) is 9.31. The van der Waals surface area contributed by atoms with Crippen molar-refractivity contribution < 1.29 is 14.1 Å². The van der Waals surface area contributed by atoms with Crippen LogP contribution in [0.25, 0.3) is 0 Å². The SMILES string of the molecule is CCc1nc(COc2ccc(C(=O)N(CCN)CCc3ccccc3)cc2)no1.Cl. The number of hydrogen-bond acceptors (Lipinski definition) is 6. The van der Waals surface area contributed by atoms with Crippen LogP contribution < -0.4 is 10.5 Å². The van der Waals surface area contributed by atoms with E-state index in [1.54, 1.807) is 29.2 Å². The summed E-state index contributed by atoms with van der Waals surface area (Å²) >= 11 is 0. The van der Waals surface area contributed by atoms with Crippen molar-refractivity contribution in [1.29, 1.82) is 0 Å². The summed E-state index contributed by atoms with van der Waals surface area (Å²) in [5, 5.41) is 3.85. The van der Waals surface area contributed by atoms with Gasteiger partial charge in [-0.15, -0.1) is 12.4 Å². The molecule has 160 valence electrons. The van der Waals surface area contributed by atoms with Crippen molar-refractivity contribution in [2.75, 3.05) is 19.6 Å².